The van der Waals surface area contributed by atoms with Crippen LogP contribution < -0.4 is 14.8 Å². The smallest absolute Gasteiger partial charge is 0.344 e. The van der Waals surface area contributed by atoms with Crippen LogP contribution in [0.2, 0.25) is 0 Å². The first-order chi connectivity index (χ1) is 11.2. The van der Waals surface area contributed by atoms with Crippen LogP contribution in [-0.2, 0) is 4.74 Å². The van der Waals surface area contributed by atoms with Crippen molar-refractivity contribution in [1.82, 2.24) is 5.32 Å². The van der Waals surface area contributed by atoms with E-state index in [1.807, 2.05) is 12.1 Å². The molecule has 126 valence electrons. The van der Waals surface area contributed by atoms with E-state index >= 15 is 0 Å². The molecule has 0 saturated heterocycles. The Hall–Kier alpha value is -1.75. The monoisotopic (exact) mass is 319 g/mol. The summed E-state index contributed by atoms with van der Waals surface area (Å²) >= 11 is 0. The molecular formula is C18H25NO4. The highest BCUT2D eigenvalue weighted by Gasteiger charge is 2.36. The first-order valence-corrected chi connectivity index (χ1v) is 8.46. The van der Waals surface area contributed by atoms with E-state index in [4.69, 9.17) is 14.2 Å². The Labute approximate surface area is 137 Å². The third-order valence-corrected chi connectivity index (χ3v) is 4.78. The number of esters is 1. The normalized spacial score (nSPS) is 22.0. The van der Waals surface area contributed by atoms with Crippen molar-refractivity contribution in [2.24, 2.45) is 0 Å². The van der Waals surface area contributed by atoms with Gasteiger partial charge in [-0.1, -0.05) is 32.1 Å². The molecule has 1 N–H and O–H groups in total. The Kier molecular flexibility index (Phi) is 5.06. The van der Waals surface area contributed by atoms with Gasteiger partial charge in [0.2, 0.25) is 0 Å². The number of nitrogens with one attached hydrogen (secondary N) is 1. The maximum absolute atomic E-state index is 12.3. The summed E-state index contributed by atoms with van der Waals surface area (Å²) in [5.74, 6) is 0.658. The molecule has 3 rings (SSSR count). The third kappa shape index (κ3) is 3.29. The zero-order valence-corrected chi connectivity index (χ0v) is 13.9. The molecule has 2 aliphatic rings. The molecule has 0 unspecified atom stereocenters. The van der Waals surface area contributed by atoms with Crippen molar-refractivity contribution < 1.29 is 19.0 Å². The van der Waals surface area contributed by atoms with Crippen molar-refractivity contribution in [2.75, 3.05) is 14.2 Å². The fourth-order valence-electron chi connectivity index (χ4n) is 3.56. The lowest BCUT2D eigenvalue weighted by molar-refractivity contribution is 0.0265. The van der Waals surface area contributed by atoms with Crippen LogP contribution in [0.4, 0.5) is 0 Å². The van der Waals surface area contributed by atoms with Gasteiger partial charge in [-0.3, -0.25) is 5.32 Å². The number of carbonyl (C=O) groups is 1. The lowest BCUT2D eigenvalue weighted by atomic mass is 9.96. The van der Waals surface area contributed by atoms with Crippen LogP contribution in [0.25, 0.3) is 0 Å². The standard InChI is InChI=1S/C18H25NO4/c1-21-14-11-10-13-15(16(14)22-2)18(20)23-17(13)19-12-8-6-4-3-5-7-9-12/h10-12,17,19H,3-9H2,1-2H3/t17-/m1/s1. The summed E-state index contributed by atoms with van der Waals surface area (Å²) in [7, 11) is 3.11. The van der Waals surface area contributed by atoms with Gasteiger partial charge in [0.25, 0.3) is 0 Å². The van der Waals surface area contributed by atoms with Gasteiger partial charge in [0.15, 0.2) is 17.7 Å². The van der Waals surface area contributed by atoms with Crippen LogP contribution in [0.1, 0.15) is 67.1 Å². The highest BCUT2D eigenvalue weighted by Crippen LogP contribution is 2.41. The number of methoxy groups -OCH3 is 2. The van der Waals surface area contributed by atoms with Crippen LogP contribution in [0.3, 0.4) is 0 Å². The summed E-state index contributed by atoms with van der Waals surface area (Å²) in [6.45, 7) is 0. The molecule has 1 heterocycles. The molecule has 1 aromatic carbocycles. The van der Waals surface area contributed by atoms with Gasteiger partial charge >= 0.3 is 5.97 Å². The molecule has 0 amide bonds. The molecule has 5 heteroatoms. The average molecular weight is 319 g/mol. The summed E-state index contributed by atoms with van der Waals surface area (Å²) < 4.78 is 16.2. The van der Waals surface area contributed by atoms with Gasteiger partial charge in [-0.25, -0.2) is 4.79 Å². The molecule has 1 saturated carbocycles. The van der Waals surface area contributed by atoms with E-state index in [0.29, 0.717) is 23.1 Å². The predicted molar refractivity (Wildman–Crippen MR) is 86.9 cm³/mol. The maximum Gasteiger partial charge on any atom is 0.344 e. The second-order valence-corrected chi connectivity index (χ2v) is 6.26. The zero-order valence-electron chi connectivity index (χ0n) is 13.9. The number of hydrogen-bond acceptors (Lipinski definition) is 5. The van der Waals surface area contributed by atoms with E-state index in [9.17, 15) is 4.79 Å². The lowest BCUT2D eigenvalue weighted by Gasteiger charge is -2.24. The molecule has 0 aromatic heterocycles. The Morgan fingerprint density at radius 1 is 1.04 bits per heavy atom. The molecule has 0 radical (unpaired) electrons. The first kappa shape index (κ1) is 16.1. The molecule has 1 atom stereocenters. The van der Waals surface area contributed by atoms with Gasteiger partial charge in [0.05, 0.1) is 14.2 Å². The van der Waals surface area contributed by atoms with Crippen molar-refractivity contribution in [3.8, 4) is 11.5 Å². The minimum Gasteiger partial charge on any atom is -0.493 e. The van der Waals surface area contributed by atoms with E-state index in [0.717, 1.165) is 18.4 Å². The van der Waals surface area contributed by atoms with Gasteiger partial charge < -0.3 is 14.2 Å². The number of ether oxygens (including phenoxy) is 3. The summed E-state index contributed by atoms with van der Waals surface area (Å²) in [4.78, 5) is 12.3. The Morgan fingerprint density at radius 3 is 2.39 bits per heavy atom. The van der Waals surface area contributed by atoms with Gasteiger partial charge in [0.1, 0.15) is 5.56 Å². The fraction of sp³-hybridized carbons (Fsp3) is 0.611. The van der Waals surface area contributed by atoms with E-state index in [1.165, 1.54) is 32.1 Å². The van der Waals surface area contributed by atoms with Gasteiger partial charge in [0, 0.05) is 11.6 Å². The van der Waals surface area contributed by atoms with E-state index in [1.54, 1.807) is 14.2 Å². The number of hydrogen-bond donors (Lipinski definition) is 1. The quantitative estimate of drug-likeness (QED) is 0.860. The minimum atomic E-state index is -0.387. The van der Waals surface area contributed by atoms with Crippen LogP contribution in [0, 0.1) is 0 Å². The summed E-state index contributed by atoms with van der Waals surface area (Å²) in [5.41, 5.74) is 1.32. The topological polar surface area (TPSA) is 56.8 Å². The van der Waals surface area contributed by atoms with Crippen LogP contribution in [0.5, 0.6) is 11.5 Å². The first-order valence-electron chi connectivity index (χ1n) is 8.46. The highest BCUT2D eigenvalue weighted by molar-refractivity contribution is 5.98. The summed E-state index contributed by atoms with van der Waals surface area (Å²) in [5, 5.41) is 3.52. The Morgan fingerprint density at radius 2 is 1.74 bits per heavy atom. The lowest BCUT2D eigenvalue weighted by Crippen LogP contribution is -2.33. The Balaban J connectivity index is 1.81. The van der Waals surface area contributed by atoms with Crippen LogP contribution in [0.15, 0.2) is 12.1 Å². The third-order valence-electron chi connectivity index (χ3n) is 4.78. The van der Waals surface area contributed by atoms with Gasteiger partial charge in [-0.05, 0) is 25.0 Å². The van der Waals surface area contributed by atoms with Gasteiger partial charge in [-0.2, -0.15) is 0 Å². The number of carbonyl (C=O) groups excluding carboxylic acids is 1. The molecule has 1 aromatic rings. The zero-order chi connectivity index (χ0) is 16.2. The number of benzene rings is 1. The molecule has 1 fully saturated rings. The molecule has 23 heavy (non-hydrogen) atoms. The second kappa shape index (κ2) is 7.21. The largest absolute Gasteiger partial charge is 0.493 e. The molecule has 0 spiro atoms. The van der Waals surface area contributed by atoms with E-state index in [2.05, 4.69) is 5.32 Å². The maximum atomic E-state index is 12.3. The SMILES string of the molecule is COc1ccc2c(c1OC)C(=O)O[C@H]2NC1CCCCCCC1. The predicted octanol–water partition coefficient (Wildman–Crippen LogP) is 3.58. The van der Waals surface area contributed by atoms with E-state index < -0.39 is 0 Å². The van der Waals surface area contributed by atoms with Crippen LogP contribution >= 0.6 is 0 Å². The molecule has 5 nitrogen and oxygen atoms in total. The highest BCUT2D eigenvalue weighted by atomic mass is 16.6. The fourth-order valence-corrected chi connectivity index (χ4v) is 3.56. The van der Waals surface area contributed by atoms with Crippen molar-refractivity contribution in [2.45, 2.75) is 57.2 Å². The second-order valence-electron chi connectivity index (χ2n) is 6.26. The number of cyclic esters (lactones) is 1. The molecule has 1 aliphatic carbocycles. The number of fused-ring (bicyclic) bond motifs is 1. The van der Waals surface area contributed by atoms with Gasteiger partial charge in [-0.15, -0.1) is 0 Å². The molecule has 0 bridgehead atoms. The molecular weight excluding hydrogens is 294 g/mol. The molecule has 1 aliphatic heterocycles. The minimum absolute atomic E-state index is 0.348. The van der Waals surface area contributed by atoms with E-state index in [-0.39, 0.29) is 12.2 Å². The summed E-state index contributed by atoms with van der Waals surface area (Å²) in [6.07, 6.45) is 8.28. The Bertz CT molecular complexity index is 564. The van der Waals surface area contributed by atoms with Crippen molar-refractivity contribution >= 4 is 5.97 Å². The summed E-state index contributed by atoms with van der Waals surface area (Å²) in [6, 6.07) is 4.11. The van der Waals surface area contributed by atoms with Crippen molar-refractivity contribution in [3.05, 3.63) is 23.3 Å². The van der Waals surface area contributed by atoms with Crippen LogP contribution in [-0.4, -0.2) is 26.2 Å². The average Bonchev–Trinajstić information content (AvgIpc) is 2.85. The number of rotatable bonds is 4. The van der Waals surface area contributed by atoms with Crippen molar-refractivity contribution in [3.63, 3.8) is 0 Å². The van der Waals surface area contributed by atoms with Crippen molar-refractivity contribution in [1.29, 1.82) is 0 Å².